The topological polar surface area (TPSA) is 54.5 Å². The summed E-state index contributed by atoms with van der Waals surface area (Å²) in [6, 6.07) is 5.97. The van der Waals surface area contributed by atoms with Crippen molar-refractivity contribution in [2.24, 2.45) is 0 Å². The third-order valence-corrected chi connectivity index (χ3v) is 2.87. The van der Waals surface area contributed by atoms with E-state index in [0.29, 0.717) is 11.6 Å². The predicted octanol–water partition coefficient (Wildman–Crippen LogP) is 2.64. The van der Waals surface area contributed by atoms with Crippen molar-refractivity contribution in [3.63, 3.8) is 0 Å². The lowest BCUT2D eigenvalue weighted by atomic mass is 10.1. The molecule has 17 heavy (non-hydrogen) atoms. The van der Waals surface area contributed by atoms with Crippen molar-refractivity contribution in [3.8, 4) is 11.6 Å². The number of imidazole rings is 1. The van der Waals surface area contributed by atoms with Gasteiger partial charge in [0.25, 0.3) is 0 Å². The molecule has 0 unspecified atom stereocenters. The smallest absolute Gasteiger partial charge is 0.195 e. The van der Waals surface area contributed by atoms with E-state index in [0.717, 1.165) is 11.0 Å². The number of H-pyrrole nitrogens is 1. The number of benzene rings is 1. The molecular weight excluding hydrogens is 212 g/mol. The summed E-state index contributed by atoms with van der Waals surface area (Å²) in [7, 11) is 0. The first-order valence-electron chi connectivity index (χ1n) is 5.48. The van der Waals surface area contributed by atoms with Crippen LogP contribution >= 0.6 is 0 Å². The molecule has 3 rings (SSSR count). The van der Waals surface area contributed by atoms with Gasteiger partial charge in [0.2, 0.25) is 0 Å². The number of rotatable bonds is 1. The predicted molar refractivity (Wildman–Crippen MR) is 66.6 cm³/mol. The molecule has 0 saturated heterocycles. The molecule has 2 heterocycles. The van der Waals surface area contributed by atoms with Crippen LogP contribution in [-0.2, 0) is 0 Å². The fourth-order valence-corrected chi connectivity index (χ4v) is 1.80. The van der Waals surface area contributed by atoms with Crippen molar-refractivity contribution in [2.45, 2.75) is 13.8 Å². The van der Waals surface area contributed by atoms with Crippen molar-refractivity contribution in [1.82, 2.24) is 19.9 Å². The van der Waals surface area contributed by atoms with Crippen LogP contribution in [0.25, 0.3) is 22.7 Å². The number of hydrogen-bond donors (Lipinski definition) is 1. The van der Waals surface area contributed by atoms with Gasteiger partial charge in [0.1, 0.15) is 0 Å². The molecule has 2 aromatic heterocycles. The zero-order valence-corrected chi connectivity index (χ0v) is 9.73. The van der Waals surface area contributed by atoms with Gasteiger partial charge in [-0.2, -0.15) is 0 Å². The van der Waals surface area contributed by atoms with Crippen molar-refractivity contribution >= 4 is 11.0 Å². The zero-order chi connectivity index (χ0) is 11.8. The Bertz CT molecular complexity index is 631. The van der Waals surface area contributed by atoms with Crippen molar-refractivity contribution in [1.29, 1.82) is 0 Å². The van der Waals surface area contributed by atoms with Crippen LogP contribution in [0.15, 0.2) is 30.6 Å². The quantitative estimate of drug-likeness (QED) is 0.691. The molecule has 0 fully saturated rings. The first kappa shape index (κ1) is 9.96. The van der Waals surface area contributed by atoms with Crippen LogP contribution < -0.4 is 0 Å². The molecule has 3 aromatic rings. The zero-order valence-electron chi connectivity index (χ0n) is 9.73. The normalized spacial score (nSPS) is 10.9. The second-order valence-corrected chi connectivity index (χ2v) is 4.11. The maximum absolute atomic E-state index is 4.50. The van der Waals surface area contributed by atoms with Gasteiger partial charge in [-0.3, -0.25) is 0 Å². The van der Waals surface area contributed by atoms with Crippen molar-refractivity contribution in [3.05, 3.63) is 41.7 Å². The number of nitrogens with one attached hydrogen (secondary N) is 1. The highest BCUT2D eigenvalue weighted by molar-refractivity contribution is 5.79. The molecule has 84 valence electrons. The highest BCUT2D eigenvalue weighted by atomic mass is 15.0. The summed E-state index contributed by atoms with van der Waals surface area (Å²) in [5, 5.41) is 0. The minimum Gasteiger partial charge on any atom is -0.335 e. The number of hydrogen-bond acceptors (Lipinski definition) is 3. The van der Waals surface area contributed by atoms with Crippen molar-refractivity contribution in [2.75, 3.05) is 0 Å². The van der Waals surface area contributed by atoms with Crippen molar-refractivity contribution < 1.29 is 0 Å². The summed E-state index contributed by atoms with van der Waals surface area (Å²) >= 11 is 0. The molecule has 0 aliphatic carbocycles. The Hall–Kier alpha value is -2.23. The SMILES string of the molecule is Cc1cc2nc(-c3ncccn3)[nH]c2cc1C. The number of nitrogens with zero attached hydrogens (tertiary/aromatic N) is 3. The molecule has 0 bridgehead atoms. The van der Waals surface area contributed by atoms with Crippen LogP contribution in [-0.4, -0.2) is 19.9 Å². The number of aromatic amines is 1. The summed E-state index contributed by atoms with van der Waals surface area (Å²) in [6.45, 7) is 4.18. The summed E-state index contributed by atoms with van der Waals surface area (Å²) in [6.07, 6.45) is 3.43. The van der Waals surface area contributed by atoms with Crippen LogP contribution in [0.2, 0.25) is 0 Å². The van der Waals surface area contributed by atoms with E-state index in [1.54, 1.807) is 18.5 Å². The molecule has 0 spiro atoms. The van der Waals surface area contributed by atoms with E-state index in [1.165, 1.54) is 11.1 Å². The standard InChI is InChI=1S/C13H12N4/c1-8-6-10-11(7-9(8)2)17-13(16-10)12-14-4-3-5-15-12/h3-7H,1-2H3,(H,16,17). The average molecular weight is 224 g/mol. The monoisotopic (exact) mass is 224 g/mol. The van der Waals surface area contributed by atoms with E-state index >= 15 is 0 Å². The summed E-state index contributed by atoms with van der Waals surface area (Å²) in [5.74, 6) is 1.34. The largest absolute Gasteiger partial charge is 0.335 e. The Morgan fingerprint density at radius 1 is 1.00 bits per heavy atom. The van der Waals surface area contributed by atoms with E-state index < -0.39 is 0 Å². The maximum atomic E-state index is 4.50. The summed E-state index contributed by atoms with van der Waals surface area (Å²) in [5.41, 5.74) is 4.47. The molecule has 0 aliphatic heterocycles. The highest BCUT2D eigenvalue weighted by Crippen LogP contribution is 2.20. The second kappa shape index (κ2) is 3.66. The van der Waals surface area contributed by atoms with Gasteiger partial charge in [-0.1, -0.05) is 0 Å². The molecule has 4 heteroatoms. The molecular formula is C13H12N4. The Morgan fingerprint density at radius 3 is 2.47 bits per heavy atom. The lowest BCUT2D eigenvalue weighted by Crippen LogP contribution is -1.87. The van der Waals surface area contributed by atoms with Gasteiger partial charge in [-0.15, -0.1) is 0 Å². The van der Waals surface area contributed by atoms with Gasteiger partial charge in [0, 0.05) is 12.4 Å². The van der Waals surface area contributed by atoms with Crippen LogP contribution in [0.4, 0.5) is 0 Å². The van der Waals surface area contributed by atoms with Gasteiger partial charge in [-0.05, 0) is 43.2 Å². The molecule has 0 atom stereocenters. The average Bonchev–Trinajstić information content (AvgIpc) is 2.74. The fraction of sp³-hybridized carbons (Fsp3) is 0.154. The number of aromatic nitrogens is 4. The van der Waals surface area contributed by atoms with E-state index in [2.05, 4.69) is 45.9 Å². The fourth-order valence-electron chi connectivity index (χ4n) is 1.80. The Balaban J connectivity index is 2.21. The first-order chi connectivity index (χ1) is 8.24. The maximum Gasteiger partial charge on any atom is 0.195 e. The Labute approximate surface area is 98.8 Å². The van der Waals surface area contributed by atoms with Gasteiger partial charge in [-0.25, -0.2) is 15.0 Å². The van der Waals surface area contributed by atoms with Crippen LogP contribution in [0.3, 0.4) is 0 Å². The van der Waals surface area contributed by atoms with Gasteiger partial charge in [0.15, 0.2) is 11.6 Å². The van der Waals surface area contributed by atoms with Gasteiger partial charge < -0.3 is 4.98 Å². The Kier molecular flexibility index (Phi) is 2.14. The van der Waals surface area contributed by atoms with E-state index in [1.807, 2.05) is 0 Å². The Morgan fingerprint density at radius 2 is 1.71 bits per heavy atom. The van der Waals surface area contributed by atoms with Crippen LogP contribution in [0.1, 0.15) is 11.1 Å². The van der Waals surface area contributed by atoms with Crippen LogP contribution in [0, 0.1) is 13.8 Å². The third kappa shape index (κ3) is 1.67. The second-order valence-electron chi connectivity index (χ2n) is 4.11. The molecule has 0 radical (unpaired) electrons. The minimum absolute atomic E-state index is 0.624. The van der Waals surface area contributed by atoms with Crippen LogP contribution in [0.5, 0.6) is 0 Å². The van der Waals surface area contributed by atoms with Gasteiger partial charge in [0.05, 0.1) is 11.0 Å². The molecule has 0 saturated carbocycles. The van der Waals surface area contributed by atoms with E-state index in [4.69, 9.17) is 0 Å². The lowest BCUT2D eigenvalue weighted by Gasteiger charge is -1.97. The molecule has 1 aromatic carbocycles. The summed E-state index contributed by atoms with van der Waals surface area (Å²) in [4.78, 5) is 16.1. The van der Waals surface area contributed by atoms with E-state index in [-0.39, 0.29) is 0 Å². The summed E-state index contributed by atoms with van der Waals surface area (Å²) < 4.78 is 0. The molecule has 4 nitrogen and oxygen atoms in total. The minimum atomic E-state index is 0.624. The molecule has 0 aliphatic rings. The molecule has 1 N–H and O–H groups in total. The lowest BCUT2D eigenvalue weighted by molar-refractivity contribution is 1.13. The van der Waals surface area contributed by atoms with E-state index in [9.17, 15) is 0 Å². The number of aryl methyl sites for hydroxylation is 2. The van der Waals surface area contributed by atoms with Gasteiger partial charge >= 0.3 is 0 Å². The number of fused-ring (bicyclic) bond motifs is 1. The highest BCUT2D eigenvalue weighted by Gasteiger charge is 2.08. The molecule has 0 amide bonds. The first-order valence-corrected chi connectivity index (χ1v) is 5.48. The third-order valence-electron chi connectivity index (χ3n) is 2.87.